The Balaban J connectivity index is 2.66. The summed E-state index contributed by atoms with van der Waals surface area (Å²) in [6.07, 6.45) is 0. The number of hydrogen-bond donors (Lipinski definition) is 2. The van der Waals surface area contributed by atoms with Crippen molar-refractivity contribution in [2.45, 2.75) is 13.0 Å². The van der Waals surface area contributed by atoms with Crippen LogP contribution in [0.5, 0.6) is 5.75 Å². The number of likely N-dealkylation sites (N-methyl/N-ethyl adjacent to an activating group) is 1. The van der Waals surface area contributed by atoms with Crippen molar-refractivity contribution in [3.8, 4) is 5.75 Å². The lowest BCUT2D eigenvalue weighted by atomic mass is 10.2. The van der Waals surface area contributed by atoms with E-state index in [-0.39, 0.29) is 12.4 Å². The maximum atomic E-state index is 13.3. The second-order valence-corrected chi connectivity index (χ2v) is 3.49. The second kappa shape index (κ2) is 5.46. The number of nitrogens with two attached hydrogens (primary N) is 1. The predicted octanol–water partition coefficient (Wildman–Crippen LogP) is 0.586. The van der Waals surface area contributed by atoms with Crippen LogP contribution in [-0.4, -0.2) is 25.6 Å². The van der Waals surface area contributed by atoms with Crippen LogP contribution in [0.1, 0.15) is 5.56 Å². The summed E-state index contributed by atoms with van der Waals surface area (Å²) in [5, 5.41) is 2.68. The van der Waals surface area contributed by atoms with Gasteiger partial charge in [0.05, 0.1) is 0 Å². The molecule has 0 radical (unpaired) electrons. The minimum absolute atomic E-state index is 0.00616. The maximum Gasteiger partial charge on any atom is 0.238 e. The van der Waals surface area contributed by atoms with Gasteiger partial charge in [0.15, 0.2) is 11.6 Å². The molecule has 0 saturated heterocycles. The zero-order chi connectivity index (χ0) is 12.1. The molecule has 1 aromatic carbocycles. The molecule has 0 saturated carbocycles. The standard InChI is InChI=1S/C11H15FN2O2/c1-7-3-4-8(12)10(5-7)16-6-9(14-2)11(13)15/h3-5,9,14H,6H2,1-2H3,(H2,13,15). The van der Waals surface area contributed by atoms with Crippen molar-refractivity contribution >= 4 is 5.91 Å². The van der Waals surface area contributed by atoms with E-state index in [0.29, 0.717) is 0 Å². The number of amides is 1. The molecule has 0 fully saturated rings. The van der Waals surface area contributed by atoms with Crippen molar-refractivity contribution in [1.82, 2.24) is 5.32 Å². The summed E-state index contributed by atoms with van der Waals surface area (Å²) in [5.41, 5.74) is 5.99. The Morgan fingerprint density at radius 2 is 2.31 bits per heavy atom. The molecule has 0 aromatic heterocycles. The Kier molecular flexibility index (Phi) is 4.25. The number of hydrogen-bond acceptors (Lipinski definition) is 3. The molecular weight excluding hydrogens is 211 g/mol. The highest BCUT2D eigenvalue weighted by Gasteiger charge is 2.14. The highest BCUT2D eigenvalue weighted by Crippen LogP contribution is 2.18. The SMILES string of the molecule is CNC(COc1cc(C)ccc1F)C(N)=O. The Bertz CT molecular complexity index is 382. The minimum atomic E-state index is -0.625. The summed E-state index contributed by atoms with van der Waals surface area (Å²) in [7, 11) is 1.59. The van der Waals surface area contributed by atoms with Gasteiger partial charge < -0.3 is 15.8 Å². The minimum Gasteiger partial charge on any atom is -0.488 e. The summed E-state index contributed by atoms with van der Waals surface area (Å²) in [6.45, 7) is 1.84. The van der Waals surface area contributed by atoms with Crippen LogP contribution >= 0.6 is 0 Å². The molecule has 1 amide bonds. The van der Waals surface area contributed by atoms with E-state index in [1.165, 1.54) is 6.07 Å². The number of rotatable bonds is 5. The predicted molar refractivity (Wildman–Crippen MR) is 58.7 cm³/mol. The number of carbonyl (C=O) groups excluding carboxylic acids is 1. The summed E-state index contributed by atoms with van der Waals surface area (Å²) < 4.78 is 18.5. The number of ether oxygens (including phenoxy) is 1. The van der Waals surface area contributed by atoms with Gasteiger partial charge in [0.1, 0.15) is 12.6 Å². The van der Waals surface area contributed by atoms with Crippen molar-refractivity contribution in [2.75, 3.05) is 13.7 Å². The van der Waals surface area contributed by atoms with E-state index in [0.717, 1.165) is 5.56 Å². The zero-order valence-corrected chi connectivity index (χ0v) is 9.29. The van der Waals surface area contributed by atoms with Crippen LogP contribution < -0.4 is 15.8 Å². The van der Waals surface area contributed by atoms with E-state index < -0.39 is 17.8 Å². The van der Waals surface area contributed by atoms with Crippen LogP contribution in [0.2, 0.25) is 0 Å². The molecular formula is C11H15FN2O2. The third kappa shape index (κ3) is 3.20. The Labute approximate surface area is 93.6 Å². The van der Waals surface area contributed by atoms with Gasteiger partial charge in [-0.15, -0.1) is 0 Å². The number of nitrogens with one attached hydrogen (secondary N) is 1. The van der Waals surface area contributed by atoms with Crippen LogP contribution in [0.4, 0.5) is 4.39 Å². The quantitative estimate of drug-likeness (QED) is 0.772. The van der Waals surface area contributed by atoms with Gasteiger partial charge in [-0.1, -0.05) is 6.07 Å². The molecule has 16 heavy (non-hydrogen) atoms. The van der Waals surface area contributed by atoms with Crippen LogP contribution in [-0.2, 0) is 4.79 Å². The first-order chi connectivity index (χ1) is 7.54. The number of benzene rings is 1. The van der Waals surface area contributed by atoms with Crippen molar-refractivity contribution in [3.05, 3.63) is 29.6 Å². The third-order valence-electron chi connectivity index (χ3n) is 2.18. The molecule has 1 aromatic rings. The zero-order valence-electron chi connectivity index (χ0n) is 9.29. The van der Waals surface area contributed by atoms with E-state index in [1.807, 2.05) is 6.92 Å². The fourth-order valence-corrected chi connectivity index (χ4v) is 1.20. The largest absolute Gasteiger partial charge is 0.488 e. The number of primary amides is 1. The monoisotopic (exact) mass is 226 g/mol. The van der Waals surface area contributed by atoms with Gasteiger partial charge in [0.2, 0.25) is 5.91 Å². The van der Waals surface area contributed by atoms with E-state index in [9.17, 15) is 9.18 Å². The van der Waals surface area contributed by atoms with E-state index in [4.69, 9.17) is 10.5 Å². The lowest BCUT2D eigenvalue weighted by molar-refractivity contribution is -0.120. The molecule has 0 heterocycles. The third-order valence-corrected chi connectivity index (χ3v) is 2.18. The van der Waals surface area contributed by atoms with Crippen molar-refractivity contribution in [3.63, 3.8) is 0 Å². The van der Waals surface area contributed by atoms with Crippen LogP contribution in [0.15, 0.2) is 18.2 Å². The van der Waals surface area contributed by atoms with Crippen molar-refractivity contribution in [1.29, 1.82) is 0 Å². The molecule has 0 aliphatic rings. The Hall–Kier alpha value is -1.62. The highest BCUT2D eigenvalue weighted by molar-refractivity contribution is 5.79. The van der Waals surface area contributed by atoms with Gasteiger partial charge >= 0.3 is 0 Å². The first-order valence-corrected chi connectivity index (χ1v) is 4.90. The normalized spacial score (nSPS) is 12.2. The van der Waals surface area contributed by atoms with E-state index >= 15 is 0 Å². The van der Waals surface area contributed by atoms with Gasteiger partial charge in [0, 0.05) is 0 Å². The molecule has 1 rings (SSSR count). The summed E-state index contributed by atoms with van der Waals surface area (Å²) in [6, 6.07) is 3.91. The fraction of sp³-hybridized carbons (Fsp3) is 0.364. The average Bonchev–Trinajstić information content (AvgIpc) is 2.23. The molecule has 3 N–H and O–H groups in total. The second-order valence-electron chi connectivity index (χ2n) is 3.49. The Morgan fingerprint density at radius 1 is 1.62 bits per heavy atom. The number of halogens is 1. The van der Waals surface area contributed by atoms with Gasteiger partial charge in [0.25, 0.3) is 0 Å². The van der Waals surface area contributed by atoms with Crippen LogP contribution in [0.25, 0.3) is 0 Å². The highest BCUT2D eigenvalue weighted by atomic mass is 19.1. The fourth-order valence-electron chi connectivity index (χ4n) is 1.20. The number of aryl methyl sites for hydroxylation is 1. The molecule has 4 nitrogen and oxygen atoms in total. The average molecular weight is 226 g/mol. The smallest absolute Gasteiger partial charge is 0.238 e. The van der Waals surface area contributed by atoms with Crippen molar-refractivity contribution in [2.24, 2.45) is 5.73 Å². The lowest BCUT2D eigenvalue weighted by Gasteiger charge is -2.14. The van der Waals surface area contributed by atoms with Gasteiger partial charge in [-0.05, 0) is 31.7 Å². The Morgan fingerprint density at radius 3 is 2.88 bits per heavy atom. The lowest BCUT2D eigenvalue weighted by Crippen LogP contribution is -2.43. The number of carbonyl (C=O) groups is 1. The summed E-state index contributed by atoms with van der Waals surface area (Å²) in [4.78, 5) is 10.9. The first kappa shape index (κ1) is 12.4. The summed E-state index contributed by atoms with van der Waals surface area (Å²) in [5.74, 6) is -0.859. The molecule has 0 bridgehead atoms. The van der Waals surface area contributed by atoms with Crippen LogP contribution in [0, 0.1) is 12.7 Å². The maximum absolute atomic E-state index is 13.3. The van der Waals surface area contributed by atoms with Crippen molar-refractivity contribution < 1.29 is 13.9 Å². The molecule has 1 unspecified atom stereocenters. The summed E-state index contributed by atoms with van der Waals surface area (Å²) >= 11 is 0. The molecule has 88 valence electrons. The first-order valence-electron chi connectivity index (χ1n) is 4.90. The molecule has 0 spiro atoms. The molecule has 5 heteroatoms. The van der Waals surface area contributed by atoms with Crippen LogP contribution in [0.3, 0.4) is 0 Å². The van der Waals surface area contributed by atoms with Gasteiger partial charge in [-0.3, -0.25) is 4.79 Å². The molecule has 0 aliphatic heterocycles. The van der Waals surface area contributed by atoms with E-state index in [1.54, 1.807) is 19.2 Å². The molecule has 0 aliphatic carbocycles. The molecule has 1 atom stereocenters. The van der Waals surface area contributed by atoms with E-state index in [2.05, 4.69) is 5.32 Å². The topological polar surface area (TPSA) is 64.3 Å². The van der Waals surface area contributed by atoms with Gasteiger partial charge in [-0.2, -0.15) is 0 Å². The van der Waals surface area contributed by atoms with Gasteiger partial charge in [-0.25, -0.2) is 4.39 Å².